The monoisotopic (exact) mass is 421 g/mol. The predicted octanol–water partition coefficient (Wildman–Crippen LogP) is 4.80. The van der Waals surface area contributed by atoms with Crippen LogP contribution in [-0.4, -0.2) is 51.0 Å². The van der Waals surface area contributed by atoms with Crippen LogP contribution in [0.15, 0.2) is 36.0 Å². The van der Waals surface area contributed by atoms with Gasteiger partial charge in [0.05, 0.1) is 24.4 Å². The number of hydrogen-bond acceptors (Lipinski definition) is 5. The molecule has 2 rings (SSSR count). The molecule has 2 fully saturated rings. The van der Waals surface area contributed by atoms with Crippen LogP contribution in [0.5, 0.6) is 0 Å². The fourth-order valence-corrected chi connectivity index (χ4v) is 2.20. The Bertz CT molecular complexity index is 529. The highest BCUT2D eigenvalue weighted by molar-refractivity contribution is 6.51. The molecule has 2 aliphatic rings. The van der Waals surface area contributed by atoms with E-state index in [2.05, 4.69) is 16.6 Å². The predicted molar refractivity (Wildman–Crippen MR) is 110 cm³/mol. The first-order valence-corrected chi connectivity index (χ1v) is 9.79. The number of hydrogen-bond donors (Lipinski definition) is 1. The van der Waals surface area contributed by atoms with Crippen LogP contribution >= 0.6 is 0 Å². The van der Waals surface area contributed by atoms with Crippen molar-refractivity contribution in [1.82, 2.24) is 5.32 Å². The van der Waals surface area contributed by atoms with Gasteiger partial charge in [-0.2, -0.15) is 0 Å². The van der Waals surface area contributed by atoms with Gasteiger partial charge in [-0.05, 0) is 46.3 Å². The standard InChI is InChI=1S/C14H20BF3O3.C4H9NO.C2H6/c1-7-11(19-14(16,17)18)10(2)8-9-15-20-12(3,4)13(5,6)21-15;1-3-6-4-2-5-1;1-2/h7-9H,1H2,2-6H3;5H,1-4H2;1-2H3/b9-8+,11-10+;;. The van der Waals surface area contributed by atoms with E-state index in [1.807, 2.05) is 41.5 Å². The average Bonchev–Trinajstić information content (AvgIpc) is 2.87. The maximum Gasteiger partial charge on any atom is 0.573 e. The summed E-state index contributed by atoms with van der Waals surface area (Å²) in [6, 6.07) is 0. The van der Waals surface area contributed by atoms with Crippen LogP contribution in [-0.2, 0) is 18.8 Å². The number of rotatable bonds is 4. The van der Waals surface area contributed by atoms with E-state index in [1.54, 1.807) is 5.98 Å². The number of nitrogens with one attached hydrogen (secondary N) is 1. The molecule has 168 valence electrons. The van der Waals surface area contributed by atoms with E-state index >= 15 is 0 Å². The Kier molecular flexibility index (Phi) is 11.9. The molecular weight excluding hydrogens is 386 g/mol. The summed E-state index contributed by atoms with van der Waals surface area (Å²) in [5.74, 6) is 1.20. The Balaban J connectivity index is 0.000000818. The number of morpholine rings is 1. The molecule has 0 saturated carbocycles. The summed E-state index contributed by atoms with van der Waals surface area (Å²) in [6.07, 6.45) is -2.27. The van der Waals surface area contributed by atoms with Crippen LogP contribution < -0.4 is 5.32 Å². The first-order valence-electron chi connectivity index (χ1n) is 9.79. The zero-order valence-corrected chi connectivity index (χ0v) is 18.6. The van der Waals surface area contributed by atoms with E-state index in [0.717, 1.165) is 32.4 Å². The second kappa shape index (κ2) is 12.4. The summed E-state index contributed by atoms with van der Waals surface area (Å²) in [5.41, 5.74) is -0.718. The zero-order valence-electron chi connectivity index (χ0n) is 18.6. The molecule has 0 aliphatic carbocycles. The van der Waals surface area contributed by atoms with Crippen molar-refractivity contribution in [3.8, 4) is 0 Å². The van der Waals surface area contributed by atoms with Gasteiger partial charge >= 0.3 is 13.5 Å². The van der Waals surface area contributed by atoms with Gasteiger partial charge in [0.2, 0.25) is 0 Å². The number of alkyl halides is 3. The van der Waals surface area contributed by atoms with Gasteiger partial charge in [0, 0.05) is 13.1 Å². The van der Waals surface area contributed by atoms with Crippen LogP contribution in [0.25, 0.3) is 0 Å². The lowest BCUT2D eigenvalue weighted by molar-refractivity contribution is -0.303. The highest BCUT2D eigenvalue weighted by Gasteiger charge is 2.50. The van der Waals surface area contributed by atoms with E-state index in [0.29, 0.717) is 0 Å². The molecule has 2 heterocycles. The highest BCUT2D eigenvalue weighted by atomic mass is 19.4. The van der Waals surface area contributed by atoms with Gasteiger partial charge in [-0.25, -0.2) is 0 Å². The molecule has 2 aliphatic heterocycles. The van der Waals surface area contributed by atoms with Gasteiger partial charge in [-0.15, -0.1) is 13.2 Å². The van der Waals surface area contributed by atoms with Crippen molar-refractivity contribution < 1.29 is 32.0 Å². The normalized spacial score (nSPS) is 21.4. The summed E-state index contributed by atoms with van der Waals surface area (Å²) >= 11 is 0. The second-order valence-electron chi connectivity index (χ2n) is 7.15. The zero-order chi connectivity index (χ0) is 22.7. The maximum absolute atomic E-state index is 12.2. The summed E-state index contributed by atoms with van der Waals surface area (Å²) in [7, 11) is -0.623. The average molecular weight is 421 g/mol. The second-order valence-corrected chi connectivity index (χ2v) is 7.15. The molecule has 5 nitrogen and oxygen atoms in total. The Labute approximate surface area is 173 Å². The molecule has 0 bridgehead atoms. The lowest BCUT2D eigenvalue weighted by Gasteiger charge is -2.32. The molecule has 0 aromatic carbocycles. The molecule has 0 aromatic heterocycles. The molecule has 9 heteroatoms. The number of ether oxygens (including phenoxy) is 2. The molecule has 0 aromatic rings. The molecule has 0 spiro atoms. The van der Waals surface area contributed by atoms with Crippen molar-refractivity contribution in [3.63, 3.8) is 0 Å². The molecule has 1 N–H and O–H groups in total. The van der Waals surface area contributed by atoms with E-state index in [1.165, 1.54) is 13.0 Å². The number of allylic oxidation sites excluding steroid dienone is 3. The Morgan fingerprint density at radius 1 is 1.07 bits per heavy atom. The minimum Gasteiger partial charge on any atom is -0.406 e. The molecular formula is C20H35BF3NO4. The lowest BCUT2D eigenvalue weighted by Crippen LogP contribution is -2.41. The third-order valence-electron chi connectivity index (χ3n) is 4.42. The van der Waals surface area contributed by atoms with Gasteiger partial charge in [0.15, 0.2) is 0 Å². The van der Waals surface area contributed by atoms with Crippen molar-refractivity contribution >= 4 is 7.12 Å². The van der Waals surface area contributed by atoms with E-state index in [9.17, 15) is 13.2 Å². The van der Waals surface area contributed by atoms with Crippen molar-refractivity contribution in [2.45, 2.75) is 66.0 Å². The van der Waals surface area contributed by atoms with Crippen LogP contribution in [0.3, 0.4) is 0 Å². The molecule has 2 saturated heterocycles. The fraction of sp³-hybridized carbons (Fsp3) is 0.700. The smallest absolute Gasteiger partial charge is 0.406 e. The molecule has 29 heavy (non-hydrogen) atoms. The minimum atomic E-state index is -4.75. The van der Waals surface area contributed by atoms with E-state index in [4.69, 9.17) is 14.0 Å². The summed E-state index contributed by atoms with van der Waals surface area (Å²) in [4.78, 5) is 0. The fourth-order valence-electron chi connectivity index (χ4n) is 2.20. The van der Waals surface area contributed by atoms with Gasteiger partial charge < -0.3 is 24.1 Å². The topological polar surface area (TPSA) is 49.0 Å². The van der Waals surface area contributed by atoms with Crippen molar-refractivity contribution in [3.05, 3.63) is 36.0 Å². The van der Waals surface area contributed by atoms with Gasteiger partial charge in [-0.1, -0.05) is 32.5 Å². The van der Waals surface area contributed by atoms with Crippen LogP contribution in [0.1, 0.15) is 48.5 Å². The first-order chi connectivity index (χ1) is 13.4. The maximum atomic E-state index is 12.2. The van der Waals surface area contributed by atoms with Gasteiger partial charge in [0.25, 0.3) is 0 Å². The summed E-state index contributed by atoms with van der Waals surface area (Å²) in [6.45, 7) is 20.2. The van der Waals surface area contributed by atoms with Crippen LogP contribution in [0.2, 0.25) is 0 Å². The first kappa shape index (κ1) is 27.7. The SMILES string of the molecule is C1COCCN1.C=C/C(OC(F)(F)F)=C(C)\C=C\B1OC(C)(C)C(C)(C)O1.CC. The van der Waals surface area contributed by atoms with Gasteiger partial charge in [0.1, 0.15) is 5.76 Å². The van der Waals surface area contributed by atoms with Crippen LogP contribution in [0.4, 0.5) is 13.2 Å². The van der Waals surface area contributed by atoms with Crippen LogP contribution in [0, 0.1) is 0 Å². The van der Waals surface area contributed by atoms with Gasteiger partial charge in [-0.3, -0.25) is 0 Å². The minimum absolute atomic E-state index is 0.275. The highest BCUT2D eigenvalue weighted by Crippen LogP contribution is 2.37. The third kappa shape index (κ3) is 10.3. The molecule has 0 radical (unpaired) electrons. The molecule has 0 unspecified atom stereocenters. The third-order valence-corrected chi connectivity index (χ3v) is 4.42. The van der Waals surface area contributed by atoms with Crippen molar-refractivity contribution in [1.29, 1.82) is 0 Å². The molecule has 0 atom stereocenters. The van der Waals surface area contributed by atoms with Crippen molar-refractivity contribution in [2.75, 3.05) is 26.3 Å². The van der Waals surface area contributed by atoms with E-state index < -0.39 is 24.7 Å². The number of halogens is 3. The molecule has 0 amide bonds. The lowest BCUT2D eigenvalue weighted by atomic mass is 9.89. The quantitative estimate of drug-likeness (QED) is 0.402. The largest absolute Gasteiger partial charge is 0.573 e. The van der Waals surface area contributed by atoms with Crippen molar-refractivity contribution in [2.24, 2.45) is 0 Å². The Hall–Kier alpha value is -1.29. The summed E-state index contributed by atoms with van der Waals surface area (Å²) in [5, 5.41) is 3.16. The summed E-state index contributed by atoms with van der Waals surface area (Å²) < 4.78 is 57.0. The van der Waals surface area contributed by atoms with E-state index in [-0.39, 0.29) is 11.3 Å². The Morgan fingerprint density at radius 3 is 1.86 bits per heavy atom. The Morgan fingerprint density at radius 2 is 1.55 bits per heavy atom.